The molecule has 1 fully saturated rings. The number of ether oxygens (including phenoxy) is 1. The van der Waals surface area contributed by atoms with Crippen molar-refractivity contribution in [1.29, 1.82) is 0 Å². The Kier molecular flexibility index (Phi) is 10.4. The van der Waals surface area contributed by atoms with Crippen molar-refractivity contribution in [3.05, 3.63) is 35.4 Å². The second-order valence-corrected chi connectivity index (χ2v) is 8.72. The van der Waals surface area contributed by atoms with Crippen LogP contribution in [0, 0.1) is 5.92 Å². The maximum Gasteiger partial charge on any atom is 0.225 e. The normalized spacial score (nSPS) is 17.3. The molecule has 0 bridgehead atoms. The van der Waals surface area contributed by atoms with E-state index in [0.717, 1.165) is 31.0 Å². The van der Waals surface area contributed by atoms with Crippen molar-refractivity contribution in [3.63, 3.8) is 0 Å². The molecule has 6 nitrogen and oxygen atoms in total. The van der Waals surface area contributed by atoms with Crippen LogP contribution in [-0.2, 0) is 22.7 Å². The van der Waals surface area contributed by atoms with E-state index in [0.29, 0.717) is 13.2 Å². The molecule has 1 aromatic rings. The van der Waals surface area contributed by atoms with E-state index >= 15 is 0 Å². The first-order valence-corrected chi connectivity index (χ1v) is 10.2. The monoisotopic (exact) mass is 516 g/mol. The number of nitrogens with one attached hydrogen (secondary N) is 2. The summed E-state index contributed by atoms with van der Waals surface area (Å²) in [4.78, 5) is 18.4. The Hall–Kier alpha value is -1.35. The van der Waals surface area contributed by atoms with Crippen LogP contribution in [-0.4, -0.2) is 48.5 Å². The molecule has 1 amide bonds. The standard InChI is InChI=1S/C22H36N4O2.HI/c1-16(2)20(27)26-11-10-19(14-26)25-21(23-6)24-13-17-8-7-9-18(12-17)15-28-22(3,4)5;/h7-9,12,16,19H,10-11,13-15H2,1-6H3,(H2,23,24,25);1H. The summed E-state index contributed by atoms with van der Waals surface area (Å²) < 4.78 is 5.86. The Balaban J connectivity index is 0.00000420. The van der Waals surface area contributed by atoms with Crippen molar-refractivity contribution >= 4 is 35.8 Å². The molecule has 164 valence electrons. The van der Waals surface area contributed by atoms with Crippen LogP contribution in [0.25, 0.3) is 0 Å². The molecule has 0 aromatic heterocycles. The molecule has 2 rings (SSSR count). The van der Waals surface area contributed by atoms with Gasteiger partial charge in [0.05, 0.1) is 12.2 Å². The largest absolute Gasteiger partial charge is 0.371 e. The summed E-state index contributed by atoms with van der Waals surface area (Å²) in [7, 11) is 1.77. The van der Waals surface area contributed by atoms with Gasteiger partial charge in [-0.25, -0.2) is 0 Å². The number of carbonyl (C=O) groups excluding carboxylic acids is 1. The summed E-state index contributed by atoms with van der Waals surface area (Å²) in [6.07, 6.45) is 0.943. The highest BCUT2D eigenvalue weighted by Gasteiger charge is 2.27. The molecule has 1 atom stereocenters. The number of benzene rings is 1. The van der Waals surface area contributed by atoms with Crippen molar-refractivity contribution < 1.29 is 9.53 Å². The lowest BCUT2D eigenvalue weighted by molar-refractivity contribution is -0.133. The molecule has 1 saturated heterocycles. The van der Waals surface area contributed by atoms with Gasteiger partial charge >= 0.3 is 0 Å². The Morgan fingerprint density at radius 2 is 2.00 bits per heavy atom. The number of aliphatic imine (C=N–C) groups is 1. The fourth-order valence-corrected chi connectivity index (χ4v) is 3.15. The number of carbonyl (C=O) groups is 1. The van der Waals surface area contributed by atoms with Gasteiger partial charge < -0.3 is 20.3 Å². The van der Waals surface area contributed by atoms with E-state index in [-0.39, 0.29) is 47.4 Å². The molecule has 1 unspecified atom stereocenters. The zero-order valence-electron chi connectivity index (χ0n) is 18.6. The fourth-order valence-electron chi connectivity index (χ4n) is 3.15. The van der Waals surface area contributed by atoms with Crippen molar-refractivity contribution in [2.24, 2.45) is 10.9 Å². The Morgan fingerprint density at radius 1 is 1.31 bits per heavy atom. The number of guanidine groups is 1. The molecule has 1 heterocycles. The summed E-state index contributed by atoms with van der Waals surface area (Å²) in [6.45, 7) is 12.9. The van der Waals surface area contributed by atoms with Gasteiger partial charge in [0.2, 0.25) is 5.91 Å². The van der Waals surface area contributed by atoms with Gasteiger partial charge in [-0.05, 0) is 38.3 Å². The van der Waals surface area contributed by atoms with Crippen molar-refractivity contribution in [2.45, 2.75) is 65.8 Å². The number of halogens is 1. The Labute approximate surface area is 192 Å². The SMILES string of the molecule is CN=C(NCc1cccc(COC(C)(C)C)c1)NC1CCN(C(=O)C(C)C)C1.I. The lowest BCUT2D eigenvalue weighted by atomic mass is 10.1. The van der Waals surface area contributed by atoms with Gasteiger partial charge in [0.15, 0.2) is 5.96 Å². The predicted octanol–water partition coefficient (Wildman–Crippen LogP) is 3.54. The minimum Gasteiger partial charge on any atom is -0.371 e. The molecular formula is C22H37IN4O2. The highest BCUT2D eigenvalue weighted by Crippen LogP contribution is 2.14. The molecule has 1 aliphatic rings. The molecule has 0 spiro atoms. The third-order valence-corrected chi connectivity index (χ3v) is 4.68. The van der Waals surface area contributed by atoms with Crippen LogP contribution in [0.3, 0.4) is 0 Å². The maximum absolute atomic E-state index is 12.1. The van der Waals surface area contributed by atoms with Crippen LogP contribution in [0.2, 0.25) is 0 Å². The summed E-state index contributed by atoms with van der Waals surface area (Å²) in [5, 5.41) is 6.81. The molecule has 7 heteroatoms. The number of nitrogens with zero attached hydrogens (tertiary/aromatic N) is 2. The van der Waals surface area contributed by atoms with Crippen LogP contribution in [0.5, 0.6) is 0 Å². The van der Waals surface area contributed by atoms with Crippen molar-refractivity contribution in [3.8, 4) is 0 Å². The van der Waals surface area contributed by atoms with Crippen LogP contribution < -0.4 is 10.6 Å². The van der Waals surface area contributed by atoms with E-state index in [2.05, 4.69) is 60.7 Å². The van der Waals surface area contributed by atoms with E-state index in [1.165, 1.54) is 5.56 Å². The average Bonchev–Trinajstić information content (AvgIpc) is 3.11. The smallest absolute Gasteiger partial charge is 0.225 e. The minimum atomic E-state index is -0.146. The van der Waals surface area contributed by atoms with Crippen molar-refractivity contribution in [2.75, 3.05) is 20.1 Å². The fraction of sp³-hybridized carbons (Fsp3) is 0.636. The van der Waals surface area contributed by atoms with E-state index in [4.69, 9.17) is 4.74 Å². The van der Waals surface area contributed by atoms with Gasteiger partial charge in [0.25, 0.3) is 0 Å². The average molecular weight is 516 g/mol. The van der Waals surface area contributed by atoms with Crippen LogP contribution >= 0.6 is 24.0 Å². The highest BCUT2D eigenvalue weighted by molar-refractivity contribution is 14.0. The third-order valence-electron chi connectivity index (χ3n) is 4.68. The predicted molar refractivity (Wildman–Crippen MR) is 130 cm³/mol. The number of likely N-dealkylation sites (tertiary alicyclic amines) is 1. The zero-order chi connectivity index (χ0) is 20.7. The Morgan fingerprint density at radius 3 is 2.62 bits per heavy atom. The van der Waals surface area contributed by atoms with Gasteiger partial charge in [-0.15, -0.1) is 24.0 Å². The molecule has 29 heavy (non-hydrogen) atoms. The molecule has 0 saturated carbocycles. The van der Waals surface area contributed by atoms with Crippen molar-refractivity contribution in [1.82, 2.24) is 15.5 Å². The van der Waals surface area contributed by atoms with Crippen LogP contribution in [0.4, 0.5) is 0 Å². The van der Waals surface area contributed by atoms with E-state index in [1.54, 1.807) is 7.05 Å². The van der Waals surface area contributed by atoms with Crippen LogP contribution in [0.15, 0.2) is 29.3 Å². The van der Waals surface area contributed by atoms with E-state index in [9.17, 15) is 4.79 Å². The molecule has 2 N–H and O–H groups in total. The molecule has 1 aromatic carbocycles. The highest BCUT2D eigenvalue weighted by atomic mass is 127. The summed E-state index contributed by atoms with van der Waals surface area (Å²) in [6, 6.07) is 8.63. The summed E-state index contributed by atoms with van der Waals surface area (Å²) >= 11 is 0. The van der Waals surface area contributed by atoms with Gasteiger partial charge in [0.1, 0.15) is 0 Å². The molecule has 1 aliphatic heterocycles. The number of hydrogen-bond acceptors (Lipinski definition) is 3. The summed E-state index contributed by atoms with van der Waals surface area (Å²) in [5.74, 6) is 1.03. The first kappa shape index (κ1) is 25.7. The zero-order valence-corrected chi connectivity index (χ0v) is 20.9. The van der Waals surface area contributed by atoms with Gasteiger partial charge in [-0.1, -0.05) is 38.1 Å². The Bertz CT molecular complexity index is 686. The summed E-state index contributed by atoms with van der Waals surface area (Å²) in [5.41, 5.74) is 2.20. The van der Waals surface area contributed by atoms with Gasteiger partial charge in [0, 0.05) is 38.6 Å². The lowest BCUT2D eigenvalue weighted by Gasteiger charge is -2.21. The second kappa shape index (κ2) is 11.7. The number of amides is 1. The van der Waals surface area contributed by atoms with E-state index < -0.39 is 0 Å². The maximum atomic E-state index is 12.1. The first-order chi connectivity index (χ1) is 13.2. The number of hydrogen-bond donors (Lipinski definition) is 2. The molecule has 0 aliphatic carbocycles. The minimum absolute atomic E-state index is 0. The van der Waals surface area contributed by atoms with E-state index in [1.807, 2.05) is 18.7 Å². The number of rotatable bonds is 6. The first-order valence-electron chi connectivity index (χ1n) is 10.2. The molecular weight excluding hydrogens is 479 g/mol. The van der Waals surface area contributed by atoms with Gasteiger partial charge in [-0.3, -0.25) is 9.79 Å². The second-order valence-electron chi connectivity index (χ2n) is 8.72. The molecule has 0 radical (unpaired) electrons. The topological polar surface area (TPSA) is 66.0 Å². The van der Waals surface area contributed by atoms with Crippen LogP contribution in [0.1, 0.15) is 52.2 Å². The lowest BCUT2D eigenvalue weighted by Crippen LogP contribution is -2.45. The van der Waals surface area contributed by atoms with Gasteiger partial charge in [-0.2, -0.15) is 0 Å². The third kappa shape index (κ3) is 8.90. The quantitative estimate of drug-likeness (QED) is 0.345.